The van der Waals surface area contributed by atoms with Crippen molar-refractivity contribution in [2.24, 2.45) is 11.7 Å². The van der Waals surface area contributed by atoms with E-state index in [2.05, 4.69) is 19.2 Å². The van der Waals surface area contributed by atoms with E-state index in [0.717, 1.165) is 4.90 Å². The average molecular weight is 358 g/mol. The Balaban J connectivity index is 2.09. The molecule has 0 aromatic heterocycles. The number of hydrogen-bond donors (Lipinski definition) is 2. The quantitative estimate of drug-likeness (QED) is 0.707. The topological polar surface area (TPSA) is 81.4 Å². The fraction of sp³-hybridized carbons (Fsp3) is 0.263. The van der Waals surface area contributed by atoms with E-state index >= 15 is 0 Å². The van der Waals surface area contributed by atoms with Crippen LogP contribution in [0.2, 0.25) is 0 Å². The lowest BCUT2D eigenvalue weighted by Crippen LogP contribution is -2.15. The molecule has 0 fully saturated rings. The van der Waals surface area contributed by atoms with Crippen molar-refractivity contribution in [2.75, 3.05) is 17.7 Å². The molecule has 6 heteroatoms. The third-order valence-electron chi connectivity index (χ3n) is 3.18. The maximum absolute atomic E-state index is 12.5. The van der Waals surface area contributed by atoms with E-state index in [1.54, 1.807) is 24.3 Å². The summed E-state index contributed by atoms with van der Waals surface area (Å²) in [7, 11) is 0. The molecule has 3 N–H and O–H groups in total. The molecule has 0 bridgehead atoms. The van der Waals surface area contributed by atoms with Crippen LogP contribution in [-0.4, -0.2) is 24.2 Å². The summed E-state index contributed by atoms with van der Waals surface area (Å²) < 4.78 is 5.66. The molecule has 2 aromatic rings. The maximum Gasteiger partial charge on any atom is 0.255 e. The summed E-state index contributed by atoms with van der Waals surface area (Å²) in [5.74, 6) is 0.596. The summed E-state index contributed by atoms with van der Waals surface area (Å²) >= 11 is 1.29. The minimum absolute atomic E-state index is 0.158. The van der Waals surface area contributed by atoms with Crippen molar-refractivity contribution in [2.45, 2.75) is 18.7 Å². The number of primary amides is 1. The van der Waals surface area contributed by atoms with Crippen molar-refractivity contribution in [3.8, 4) is 5.75 Å². The Morgan fingerprint density at radius 3 is 2.64 bits per heavy atom. The Kier molecular flexibility index (Phi) is 6.89. The van der Waals surface area contributed by atoms with Crippen LogP contribution in [0.25, 0.3) is 0 Å². The molecule has 132 valence electrons. The SMILES string of the molecule is CC(C)COc1cccc(C(=O)Nc2ccccc2SCC(N)=O)c1. The second kappa shape index (κ2) is 9.13. The van der Waals surface area contributed by atoms with Gasteiger partial charge in [0.05, 0.1) is 18.0 Å². The highest BCUT2D eigenvalue weighted by Gasteiger charge is 2.11. The summed E-state index contributed by atoms with van der Waals surface area (Å²) in [6, 6.07) is 14.4. The van der Waals surface area contributed by atoms with Crippen molar-refractivity contribution >= 4 is 29.3 Å². The van der Waals surface area contributed by atoms with Crippen LogP contribution < -0.4 is 15.8 Å². The van der Waals surface area contributed by atoms with Gasteiger partial charge in [-0.3, -0.25) is 9.59 Å². The van der Waals surface area contributed by atoms with Gasteiger partial charge in [0.25, 0.3) is 5.91 Å². The number of benzene rings is 2. The number of nitrogens with two attached hydrogens (primary N) is 1. The number of thioether (sulfide) groups is 1. The number of rotatable bonds is 8. The summed E-state index contributed by atoms with van der Waals surface area (Å²) in [5, 5.41) is 2.88. The normalized spacial score (nSPS) is 10.5. The highest BCUT2D eigenvalue weighted by Crippen LogP contribution is 2.27. The molecule has 0 unspecified atom stereocenters. The average Bonchev–Trinajstić information content (AvgIpc) is 2.59. The van der Waals surface area contributed by atoms with Crippen LogP contribution in [0.15, 0.2) is 53.4 Å². The van der Waals surface area contributed by atoms with Crippen LogP contribution in [0.3, 0.4) is 0 Å². The fourth-order valence-corrected chi connectivity index (χ4v) is 2.78. The minimum atomic E-state index is -0.402. The molecule has 5 nitrogen and oxygen atoms in total. The molecule has 0 radical (unpaired) electrons. The summed E-state index contributed by atoms with van der Waals surface area (Å²) in [5.41, 5.74) is 6.34. The van der Waals surface area contributed by atoms with Crippen LogP contribution in [0, 0.1) is 5.92 Å². The Hall–Kier alpha value is -2.47. The Morgan fingerprint density at radius 2 is 1.92 bits per heavy atom. The zero-order valence-electron chi connectivity index (χ0n) is 14.3. The van der Waals surface area contributed by atoms with Crippen molar-refractivity contribution in [3.05, 3.63) is 54.1 Å². The Bertz CT molecular complexity index is 747. The molecule has 0 spiro atoms. The fourth-order valence-electron chi connectivity index (χ4n) is 2.03. The highest BCUT2D eigenvalue weighted by molar-refractivity contribution is 8.00. The second-order valence-electron chi connectivity index (χ2n) is 5.94. The largest absolute Gasteiger partial charge is 0.493 e. The highest BCUT2D eigenvalue weighted by atomic mass is 32.2. The van der Waals surface area contributed by atoms with Gasteiger partial charge in [0.15, 0.2) is 0 Å². The molecular weight excluding hydrogens is 336 g/mol. The van der Waals surface area contributed by atoms with Crippen LogP contribution in [0.1, 0.15) is 24.2 Å². The van der Waals surface area contributed by atoms with Gasteiger partial charge in [0, 0.05) is 10.5 Å². The van der Waals surface area contributed by atoms with E-state index < -0.39 is 5.91 Å². The first-order valence-corrected chi connectivity index (χ1v) is 8.98. The van der Waals surface area contributed by atoms with Gasteiger partial charge in [-0.15, -0.1) is 11.8 Å². The number of anilines is 1. The van der Waals surface area contributed by atoms with E-state index in [1.807, 2.05) is 24.3 Å². The zero-order valence-corrected chi connectivity index (χ0v) is 15.1. The number of nitrogens with one attached hydrogen (secondary N) is 1. The van der Waals surface area contributed by atoms with Crippen LogP contribution >= 0.6 is 11.8 Å². The lowest BCUT2D eigenvalue weighted by molar-refractivity contribution is -0.115. The van der Waals surface area contributed by atoms with E-state index in [9.17, 15) is 9.59 Å². The molecule has 0 aliphatic heterocycles. The Morgan fingerprint density at radius 1 is 1.16 bits per heavy atom. The van der Waals surface area contributed by atoms with E-state index in [-0.39, 0.29) is 11.7 Å². The van der Waals surface area contributed by atoms with Gasteiger partial charge in [0.2, 0.25) is 5.91 Å². The van der Waals surface area contributed by atoms with Gasteiger partial charge in [0.1, 0.15) is 5.75 Å². The van der Waals surface area contributed by atoms with Crippen molar-refractivity contribution in [1.82, 2.24) is 0 Å². The van der Waals surface area contributed by atoms with Crippen LogP contribution in [-0.2, 0) is 4.79 Å². The van der Waals surface area contributed by atoms with Crippen molar-refractivity contribution < 1.29 is 14.3 Å². The third-order valence-corrected chi connectivity index (χ3v) is 4.28. The van der Waals surface area contributed by atoms with Gasteiger partial charge >= 0.3 is 0 Å². The molecule has 25 heavy (non-hydrogen) atoms. The van der Waals surface area contributed by atoms with Crippen LogP contribution in [0.5, 0.6) is 5.75 Å². The zero-order chi connectivity index (χ0) is 18.2. The third kappa shape index (κ3) is 6.15. The van der Waals surface area contributed by atoms with Gasteiger partial charge in [-0.25, -0.2) is 0 Å². The standard InChI is InChI=1S/C19H22N2O3S/c1-13(2)11-24-15-7-5-6-14(10-15)19(23)21-16-8-3-4-9-17(16)25-12-18(20)22/h3-10,13H,11-12H2,1-2H3,(H2,20,22)(H,21,23). The van der Waals surface area contributed by atoms with Crippen LogP contribution in [0.4, 0.5) is 5.69 Å². The van der Waals surface area contributed by atoms with Gasteiger partial charge < -0.3 is 15.8 Å². The molecule has 2 rings (SSSR count). The molecule has 2 aromatic carbocycles. The summed E-state index contributed by atoms with van der Waals surface area (Å²) in [6.07, 6.45) is 0. The second-order valence-corrected chi connectivity index (χ2v) is 6.96. The number of amides is 2. The summed E-state index contributed by atoms with van der Waals surface area (Å²) in [6.45, 7) is 4.73. The van der Waals surface area contributed by atoms with E-state index in [1.165, 1.54) is 11.8 Å². The van der Waals surface area contributed by atoms with Crippen molar-refractivity contribution in [3.63, 3.8) is 0 Å². The first-order chi connectivity index (χ1) is 12.0. The van der Waals surface area contributed by atoms with E-state index in [4.69, 9.17) is 10.5 Å². The number of para-hydroxylation sites is 1. The molecule has 0 saturated heterocycles. The Labute approximate surface area is 151 Å². The first kappa shape index (κ1) is 18.9. The minimum Gasteiger partial charge on any atom is -0.493 e. The lowest BCUT2D eigenvalue weighted by Gasteiger charge is -2.12. The molecule has 0 heterocycles. The van der Waals surface area contributed by atoms with Crippen molar-refractivity contribution in [1.29, 1.82) is 0 Å². The summed E-state index contributed by atoms with van der Waals surface area (Å²) in [4.78, 5) is 24.3. The molecule has 0 atom stereocenters. The predicted octanol–water partition coefficient (Wildman–Crippen LogP) is 3.55. The van der Waals surface area contributed by atoms with Gasteiger partial charge in [-0.2, -0.15) is 0 Å². The van der Waals surface area contributed by atoms with Gasteiger partial charge in [-0.1, -0.05) is 32.0 Å². The smallest absolute Gasteiger partial charge is 0.255 e. The molecule has 0 aliphatic carbocycles. The molecular formula is C19H22N2O3S. The number of hydrogen-bond acceptors (Lipinski definition) is 4. The predicted molar refractivity (Wildman–Crippen MR) is 101 cm³/mol. The monoisotopic (exact) mass is 358 g/mol. The van der Waals surface area contributed by atoms with E-state index in [0.29, 0.717) is 29.5 Å². The molecule has 0 aliphatic rings. The molecule has 2 amide bonds. The number of ether oxygens (including phenoxy) is 1. The number of carbonyl (C=O) groups is 2. The number of carbonyl (C=O) groups excluding carboxylic acids is 2. The molecule has 0 saturated carbocycles. The van der Waals surface area contributed by atoms with Gasteiger partial charge in [-0.05, 0) is 36.2 Å². The lowest BCUT2D eigenvalue weighted by atomic mass is 10.2. The maximum atomic E-state index is 12.5. The first-order valence-electron chi connectivity index (χ1n) is 8.00.